The normalized spacial score (nSPS) is 14.6. The van der Waals surface area contributed by atoms with Gasteiger partial charge in [-0.3, -0.25) is 0 Å². The van der Waals surface area contributed by atoms with Crippen LogP contribution in [0.4, 0.5) is 4.39 Å². The lowest BCUT2D eigenvalue weighted by molar-refractivity contribution is 0.394. The van der Waals surface area contributed by atoms with Gasteiger partial charge in [0.15, 0.2) is 0 Å². The van der Waals surface area contributed by atoms with Crippen LogP contribution in [-0.2, 0) is 6.42 Å². The molecule has 1 aromatic rings. The number of rotatable bonds is 6. The summed E-state index contributed by atoms with van der Waals surface area (Å²) in [6.07, 6.45) is 1.83. The van der Waals surface area contributed by atoms with Crippen molar-refractivity contribution in [2.24, 2.45) is 5.92 Å². The van der Waals surface area contributed by atoms with E-state index in [1.165, 1.54) is 6.07 Å². The lowest BCUT2D eigenvalue weighted by Gasteiger charge is -2.21. The van der Waals surface area contributed by atoms with E-state index >= 15 is 0 Å². The molecule has 0 bridgehead atoms. The van der Waals surface area contributed by atoms with Gasteiger partial charge in [0, 0.05) is 11.1 Å². The molecule has 0 aromatic heterocycles. The Balaban J connectivity index is 2.60. The Bertz CT molecular complexity index is 354. The first-order valence-corrected chi connectivity index (χ1v) is 6.59. The first-order chi connectivity index (χ1) is 8.04. The zero-order valence-corrected chi connectivity index (χ0v) is 11.5. The van der Waals surface area contributed by atoms with Crippen molar-refractivity contribution in [2.75, 3.05) is 6.54 Å². The summed E-state index contributed by atoms with van der Waals surface area (Å²) < 4.78 is 13.6. The van der Waals surface area contributed by atoms with E-state index in [2.05, 4.69) is 26.1 Å². The van der Waals surface area contributed by atoms with E-state index in [1.54, 1.807) is 12.1 Å². The summed E-state index contributed by atoms with van der Waals surface area (Å²) in [5.74, 6) is 0.221. The van der Waals surface area contributed by atoms with Gasteiger partial charge in [0.1, 0.15) is 5.82 Å². The van der Waals surface area contributed by atoms with Crippen LogP contribution in [0.3, 0.4) is 0 Å². The van der Waals surface area contributed by atoms with E-state index in [-0.39, 0.29) is 5.82 Å². The van der Waals surface area contributed by atoms with Gasteiger partial charge in [-0.15, -0.1) is 0 Å². The molecule has 1 nitrogen and oxygen atoms in total. The maximum atomic E-state index is 13.6. The van der Waals surface area contributed by atoms with E-state index in [0.29, 0.717) is 29.0 Å². The van der Waals surface area contributed by atoms with Gasteiger partial charge in [0.25, 0.3) is 0 Å². The summed E-state index contributed by atoms with van der Waals surface area (Å²) >= 11 is 5.88. The van der Waals surface area contributed by atoms with E-state index in [0.717, 1.165) is 13.0 Å². The Morgan fingerprint density at radius 3 is 2.71 bits per heavy atom. The molecule has 96 valence electrons. The van der Waals surface area contributed by atoms with Gasteiger partial charge in [0.05, 0.1) is 0 Å². The van der Waals surface area contributed by atoms with Crippen molar-refractivity contribution >= 4 is 11.6 Å². The Labute approximate surface area is 108 Å². The fourth-order valence-corrected chi connectivity index (χ4v) is 1.99. The minimum atomic E-state index is -0.163. The minimum Gasteiger partial charge on any atom is -0.314 e. The highest BCUT2D eigenvalue weighted by Gasteiger charge is 2.14. The average molecular weight is 258 g/mol. The van der Waals surface area contributed by atoms with E-state index in [4.69, 9.17) is 11.6 Å². The first kappa shape index (κ1) is 14.5. The van der Waals surface area contributed by atoms with Crippen molar-refractivity contribution in [3.8, 4) is 0 Å². The molecule has 0 radical (unpaired) electrons. The smallest absolute Gasteiger partial charge is 0.126 e. The van der Waals surface area contributed by atoms with Crippen molar-refractivity contribution in [1.82, 2.24) is 5.32 Å². The van der Waals surface area contributed by atoms with Crippen LogP contribution in [0, 0.1) is 11.7 Å². The zero-order valence-electron chi connectivity index (χ0n) is 10.8. The van der Waals surface area contributed by atoms with Crippen LogP contribution in [0.5, 0.6) is 0 Å². The summed E-state index contributed by atoms with van der Waals surface area (Å²) in [6.45, 7) is 7.42. The first-order valence-electron chi connectivity index (χ1n) is 6.22. The van der Waals surface area contributed by atoms with Crippen LogP contribution in [0.25, 0.3) is 0 Å². The molecule has 2 unspecified atom stereocenters. The summed E-state index contributed by atoms with van der Waals surface area (Å²) in [4.78, 5) is 0. The summed E-state index contributed by atoms with van der Waals surface area (Å²) in [5.41, 5.74) is 0.704. The number of halogens is 2. The molecule has 0 heterocycles. The van der Waals surface area contributed by atoms with Gasteiger partial charge in [-0.2, -0.15) is 0 Å². The number of hydrogen-bond donors (Lipinski definition) is 1. The van der Waals surface area contributed by atoms with Gasteiger partial charge < -0.3 is 5.32 Å². The Morgan fingerprint density at radius 2 is 2.06 bits per heavy atom. The molecule has 0 saturated carbocycles. The number of nitrogens with one attached hydrogen (secondary N) is 1. The Hall–Kier alpha value is -0.600. The van der Waals surface area contributed by atoms with Crippen LogP contribution in [0.15, 0.2) is 18.2 Å². The quantitative estimate of drug-likeness (QED) is 0.811. The molecule has 1 N–H and O–H groups in total. The Morgan fingerprint density at radius 1 is 1.35 bits per heavy atom. The molecule has 0 aliphatic heterocycles. The second-order valence-electron chi connectivity index (χ2n) is 4.66. The second kappa shape index (κ2) is 6.97. The monoisotopic (exact) mass is 257 g/mol. The standard InChI is InChI=1S/C14H21ClFN/c1-4-7-17-11(3)10(2)8-12-9-13(15)5-6-14(12)16/h5-6,9-11,17H,4,7-8H2,1-3H3. The third-order valence-electron chi connectivity index (χ3n) is 3.12. The van der Waals surface area contributed by atoms with Crippen LogP contribution in [0.1, 0.15) is 32.8 Å². The van der Waals surface area contributed by atoms with Crippen molar-refractivity contribution in [3.05, 3.63) is 34.6 Å². The van der Waals surface area contributed by atoms with Crippen LogP contribution >= 0.6 is 11.6 Å². The molecular formula is C14H21ClFN. The van der Waals surface area contributed by atoms with Gasteiger partial charge in [-0.25, -0.2) is 4.39 Å². The predicted octanol–water partition coefficient (Wildman–Crippen LogP) is 4.05. The van der Waals surface area contributed by atoms with E-state index in [9.17, 15) is 4.39 Å². The van der Waals surface area contributed by atoms with Crippen LogP contribution < -0.4 is 5.32 Å². The van der Waals surface area contributed by atoms with Gasteiger partial charge >= 0.3 is 0 Å². The fraction of sp³-hybridized carbons (Fsp3) is 0.571. The van der Waals surface area contributed by atoms with Gasteiger partial charge in [-0.05, 0) is 56.0 Å². The summed E-state index contributed by atoms with van der Waals surface area (Å²) in [6, 6.07) is 5.13. The minimum absolute atomic E-state index is 0.163. The second-order valence-corrected chi connectivity index (χ2v) is 5.10. The average Bonchev–Trinajstić information content (AvgIpc) is 2.30. The maximum Gasteiger partial charge on any atom is 0.126 e. The highest BCUT2D eigenvalue weighted by atomic mass is 35.5. The highest BCUT2D eigenvalue weighted by Crippen LogP contribution is 2.19. The lowest BCUT2D eigenvalue weighted by atomic mass is 9.94. The number of benzene rings is 1. The largest absolute Gasteiger partial charge is 0.314 e. The maximum absolute atomic E-state index is 13.6. The molecule has 17 heavy (non-hydrogen) atoms. The van der Waals surface area contributed by atoms with Crippen LogP contribution in [0.2, 0.25) is 5.02 Å². The molecule has 0 fully saturated rings. The molecule has 2 atom stereocenters. The third kappa shape index (κ3) is 4.64. The van der Waals surface area contributed by atoms with Crippen LogP contribution in [-0.4, -0.2) is 12.6 Å². The van der Waals surface area contributed by atoms with Crippen molar-refractivity contribution in [1.29, 1.82) is 0 Å². The third-order valence-corrected chi connectivity index (χ3v) is 3.35. The topological polar surface area (TPSA) is 12.0 Å². The molecule has 0 aliphatic carbocycles. The van der Waals surface area contributed by atoms with Crippen molar-refractivity contribution < 1.29 is 4.39 Å². The molecular weight excluding hydrogens is 237 g/mol. The zero-order chi connectivity index (χ0) is 12.8. The highest BCUT2D eigenvalue weighted by molar-refractivity contribution is 6.30. The molecule has 1 rings (SSSR count). The van der Waals surface area contributed by atoms with Crippen molar-refractivity contribution in [2.45, 2.75) is 39.7 Å². The fourth-order valence-electron chi connectivity index (χ4n) is 1.80. The Kier molecular flexibility index (Phi) is 5.93. The number of hydrogen-bond acceptors (Lipinski definition) is 1. The molecule has 0 aliphatic rings. The van der Waals surface area contributed by atoms with E-state index in [1.807, 2.05) is 0 Å². The van der Waals surface area contributed by atoms with Gasteiger partial charge in [-0.1, -0.05) is 25.4 Å². The molecule has 1 aromatic carbocycles. The lowest BCUT2D eigenvalue weighted by Crippen LogP contribution is -2.33. The molecule has 0 saturated heterocycles. The SMILES string of the molecule is CCCNC(C)C(C)Cc1cc(Cl)ccc1F. The van der Waals surface area contributed by atoms with Crippen molar-refractivity contribution in [3.63, 3.8) is 0 Å². The predicted molar refractivity (Wildman–Crippen MR) is 72.0 cm³/mol. The summed E-state index contributed by atoms with van der Waals surface area (Å²) in [7, 11) is 0. The molecule has 3 heteroatoms. The van der Waals surface area contributed by atoms with Gasteiger partial charge in [0.2, 0.25) is 0 Å². The molecule has 0 amide bonds. The molecule has 0 spiro atoms. The summed E-state index contributed by atoms with van der Waals surface area (Å²) in [5, 5.41) is 4.03. The van der Waals surface area contributed by atoms with E-state index < -0.39 is 0 Å².